The standard InChI is InChI=1S/C16H20F3NO4/c1-15(2,3)24-14(22)20-12(13(21)23-4)9-10-5-7-11(8-6-10)16(17,18)19/h5-8,12H,9H2,1-4H3,(H,20,22)/t12-/m0/s1. The molecule has 0 fully saturated rings. The molecule has 0 radical (unpaired) electrons. The molecule has 1 amide bonds. The van der Waals surface area contributed by atoms with Crippen molar-refractivity contribution in [1.82, 2.24) is 5.32 Å². The number of esters is 1. The van der Waals surface area contributed by atoms with Crippen molar-refractivity contribution in [1.29, 1.82) is 0 Å². The second-order valence-electron chi connectivity index (χ2n) is 6.12. The summed E-state index contributed by atoms with van der Waals surface area (Å²) in [6, 6.07) is 3.25. The molecule has 0 aliphatic carbocycles. The van der Waals surface area contributed by atoms with Crippen LogP contribution in [0.1, 0.15) is 31.9 Å². The molecular formula is C16H20F3NO4. The number of hydrogen-bond donors (Lipinski definition) is 1. The molecule has 5 nitrogen and oxygen atoms in total. The smallest absolute Gasteiger partial charge is 0.416 e. The SMILES string of the molecule is COC(=O)[C@H](Cc1ccc(C(F)(F)F)cc1)NC(=O)OC(C)(C)C. The van der Waals surface area contributed by atoms with Gasteiger partial charge in [0.05, 0.1) is 12.7 Å². The lowest BCUT2D eigenvalue weighted by Crippen LogP contribution is -2.45. The third-order valence-corrected chi connectivity index (χ3v) is 2.90. The first-order valence-electron chi connectivity index (χ1n) is 7.16. The molecule has 0 aliphatic heterocycles. The minimum Gasteiger partial charge on any atom is -0.467 e. The van der Waals surface area contributed by atoms with Crippen LogP contribution < -0.4 is 5.32 Å². The van der Waals surface area contributed by atoms with Gasteiger partial charge in [-0.1, -0.05) is 12.1 Å². The summed E-state index contributed by atoms with van der Waals surface area (Å²) in [6.45, 7) is 4.99. The Morgan fingerprint density at radius 2 is 1.67 bits per heavy atom. The molecule has 1 aromatic carbocycles. The van der Waals surface area contributed by atoms with Crippen molar-refractivity contribution in [3.05, 3.63) is 35.4 Å². The van der Waals surface area contributed by atoms with E-state index in [1.165, 1.54) is 12.1 Å². The molecule has 0 saturated heterocycles. The van der Waals surface area contributed by atoms with Gasteiger partial charge in [-0.3, -0.25) is 0 Å². The van der Waals surface area contributed by atoms with Gasteiger partial charge in [-0.05, 0) is 38.5 Å². The fourth-order valence-electron chi connectivity index (χ4n) is 1.85. The summed E-state index contributed by atoms with van der Waals surface area (Å²) in [5.41, 5.74) is -1.10. The molecule has 1 atom stereocenters. The summed E-state index contributed by atoms with van der Waals surface area (Å²) in [5, 5.41) is 2.36. The number of ether oxygens (including phenoxy) is 2. The van der Waals surface area contributed by atoms with Gasteiger partial charge < -0.3 is 14.8 Å². The number of carbonyl (C=O) groups excluding carboxylic acids is 2. The number of amides is 1. The maximum atomic E-state index is 12.5. The fourth-order valence-corrected chi connectivity index (χ4v) is 1.85. The maximum Gasteiger partial charge on any atom is 0.416 e. The highest BCUT2D eigenvalue weighted by Crippen LogP contribution is 2.29. The van der Waals surface area contributed by atoms with E-state index in [-0.39, 0.29) is 6.42 Å². The lowest BCUT2D eigenvalue weighted by molar-refractivity contribution is -0.143. The van der Waals surface area contributed by atoms with Gasteiger partial charge in [-0.25, -0.2) is 9.59 Å². The van der Waals surface area contributed by atoms with Crippen LogP contribution in [0.15, 0.2) is 24.3 Å². The number of rotatable bonds is 4. The lowest BCUT2D eigenvalue weighted by atomic mass is 10.0. The van der Waals surface area contributed by atoms with Crippen LogP contribution in [0, 0.1) is 0 Å². The van der Waals surface area contributed by atoms with Crippen molar-refractivity contribution in [2.75, 3.05) is 7.11 Å². The average Bonchev–Trinajstić information content (AvgIpc) is 2.43. The Hall–Kier alpha value is -2.25. The van der Waals surface area contributed by atoms with Crippen molar-refractivity contribution in [3.8, 4) is 0 Å². The maximum absolute atomic E-state index is 12.5. The van der Waals surface area contributed by atoms with Crippen molar-refractivity contribution in [2.24, 2.45) is 0 Å². The lowest BCUT2D eigenvalue weighted by Gasteiger charge is -2.22. The zero-order valence-electron chi connectivity index (χ0n) is 13.9. The van der Waals surface area contributed by atoms with E-state index in [4.69, 9.17) is 4.74 Å². The average molecular weight is 347 g/mol. The normalized spacial score (nSPS) is 13.1. The number of halogens is 3. The van der Waals surface area contributed by atoms with E-state index in [1.807, 2.05) is 0 Å². The Kier molecular flexibility index (Phi) is 6.22. The molecule has 8 heteroatoms. The van der Waals surface area contributed by atoms with Gasteiger partial charge in [0.25, 0.3) is 0 Å². The summed E-state index contributed by atoms with van der Waals surface area (Å²) >= 11 is 0. The summed E-state index contributed by atoms with van der Waals surface area (Å²) < 4.78 is 47.3. The fraction of sp³-hybridized carbons (Fsp3) is 0.500. The van der Waals surface area contributed by atoms with Gasteiger partial charge in [-0.2, -0.15) is 13.2 Å². The monoisotopic (exact) mass is 347 g/mol. The van der Waals surface area contributed by atoms with Crippen LogP contribution in [0.3, 0.4) is 0 Å². The first kappa shape index (κ1) is 19.8. The molecule has 0 unspecified atom stereocenters. The third-order valence-electron chi connectivity index (χ3n) is 2.90. The van der Waals surface area contributed by atoms with Gasteiger partial charge in [0.15, 0.2) is 0 Å². The number of methoxy groups -OCH3 is 1. The van der Waals surface area contributed by atoms with Crippen LogP contribution in [0.25, 0.3) is 0 Å². The second kappa shape index (κ2) is 7.55. The van der Waals surface area contributed by atoms with Gasteiger partial charge in [-0.15, -0.1) is 0 Å². The zero-order valence-corrected chi connectivity index (χ0v) is 13.9. The largest absolute Gasteiger partial charge is 0.467 e. The Morgan fingerprint density at radius 3 is 2.08 bits per heavy atom. The summed E-state index contributed by atoms with van der Waals surface area (Å²) in [4.78, 5) is 23.5. The van der Waals surface area contributed by atoms with Gasteiger partial charge >= 0.3 is 18.2 Å². The highest BCUT2D eigenvalue weighted by Gasteiger charge is 2.30. The van der Waals surface area contributed by atoms with E-state index in [0.717, 1.165) is 19.2 Å². The molecule has 24 heavy (non-hydrogen) atoms. The molecule has 0 aromatic heterocycles. The number of alkyl halides is 3. The molecule has 134 valence electrons. The van der Waals surface area contributed by atoms with E-state index >= 15 is 0 Å². The van der Waals surface area contributed by atoms with Crippen LogP contribution >= 0.6 is 0 Å². The van der Waals surface area contributed by atoms with Crippen LogP contribution in [0.2, 0.25) is 0 Å². The number of alkyl carbamates (subject to hydrolysis) is 1. The van der Waals surface area contributed by atoms with Crippen LogP contribution in [0.4, 0.5) is 18.0 Å². The van der Waals surface area contributed by atoms with Gasteiger partial charge in [0.2, 0.25) is 0 Å². The van der Waals surface area contributed by atoms with Crippen molar-refractivity contribution in [2.45, 2.75) is 45.0 Å². The molecule has 0 spiro atoms. The predicted octanol–water partition coefficient (Wildman–Crippen LogP) is 3.31. The number of hydrogen-bond acceptors (Lipinski definition) is 4. The van der Waals surface area contributed by atoms with Crippen molar-refractivity contribution < 1.29 is 32.2 Å². The summed E-state index contributed by atoms with van der Waals surface area (Å²) in [5.74, 6) is -0.722. The van der Waals surface area contributed by atoms with Crippen LogP contribution in [-0.2, 0) is 26.9 Å². The second-order valence-corrected chi connectivity index (χ2v) is 6.12. The van der Waals surface area contributed by atoms with E-state index in [0.29, 0.717) is 5.56 Å². The van der Waals surface area contributed by atoms with Crippen LogP contribution in [0.5, 0.6) is 0 Å². The Morgan fingerprint density at radius 1 is 1.12 bits per heavy atom. The quantitative estimate of drug-likeness (QED) is 0.849. The molecule has 0 bridgehead atoms. The molecular weight excluding hydrogens is 327 g/mol. The topological polar surface area (TPSA) is 64.6 Å². The highest BCUT2D eigenvalue weighted by molar-refractivity contribution is 5.81. The summed E-state index contributed by atoms with van der Waals surface area (Å²) in [6.07, 6.45) is -5.27. The molecule has 1 aromatic rings. The zero-order chi connectivity index (χ0) is 18.5. The van der Waals surface area contributed by atoms with E-state index in [9.17, 15) is 22.8 Å². The molecule has 0 saturated carbocycles. The number of benzene rings is 1. The minimum absolute atomic E-state index is 0.0238. The Balaban J connectivity index is 2.83. The van der Waals surface area contributed by atoms with Gasteiger partial charge in [0.1, 0.15) is 11.6 Å². The third kappa shape index (κ3) is 6.47. The Labute approximate surface area is 138 Å². The van der Waals surface area contributed by atoms with Crippen LogP contribution in [-0.4, -0.2) is 30.8 Å². The number of nitrogens with one attached hydrogen (secondary N) is 1. The van der Waals surface area contributed by atoms with Gasteiger partial charge in [0, 0.05) is 6.42 Å². The molecule has 0 heterocycles. The molecule has 1 N–H and O–H groups in total. The first-order chi connectivity index (χ1) is 10.9. The van der Waals surface area contributed by atoms with E-state index < -0.39 is 35.4 Å². The van der Waals surface area contributed by atoms with Crippen molar-refractivity contribution >= 4 is 12.1 Å². The van der Waals surface area contributed by atoms with Crippen molar-refractivity contribution in [3.63, 3.8) is 0 Å². The number of carbonyl (C=O) groups is 2. The van der Waals surface area contributed by atoms with E-state index in [2.05, 4.69) is 10.1 Å². The molecule has 0 aliphatic rings. The first-order valence-corrected chi connectivity index (χ1v) is 7.16. The minimum atomic E-state index is -4.44. The Bertz CT molecular complexity index is 576. The summed E-state index contributed by atoms with van der Waals surface area (Å²) in [7, 11) is 1.15. The van der Waals surface area contributed by atoms with E-state index in [1.54, 1.807) is 20.8 Å². The highest BCUT2D eigenvalue weighted by atomic mass is 19.4. The molecule has 1 rings (SSSR count). The predicted molar refractivity (Wildman–Crippen MR) is 80.3 cm³/mol.